The fourth-order valence-electron chi connectivity index (χ4n) is 5.67. The normalized spacial score (nSPS) is 15.9. The van der Waals surface area contributed by atoms with Gasteiger partial charge in [-0.3, -0.25) is 19.4 Å². The molecule has 2 amide bonds. The molecular formula is C32H39N3O4S. The van der Waals surface area contributed by atoms with Crippen molar-refractivity contribution < 1.29 is 19.1 Å². The first-order valence-corrected chi connectivity index (χ1v) is 15.4. The Morgan fingerprint density at radius 3 is 2.55 bits per heavy atom. The summed E-state index contributed by atoms with van der Waals surface area (Å²) in [6, 6.07) is 14.6. The van der Waals surface area contributed by atoms with E-state index in [0.717, 1.165) is 51.1 Å². The number of fused-ring (bicyclic) bond motifs is 2. The molecule has 2 aromatic carbocycles. The third-order valence-electron chi connectivity index (χ3n) is 7.90. The number of amides is 2. The Kier molecular flexibility index (Phi) is 9.49. The van der Waals surface area contributed by atoms with Gasteiger partial charge < -0.3 is 14.4 Å². The summed E-state index contributed by atoms with van der Waals surface area (Å²) in [7, 11) is 0. The van der Waals surface area contributed by atoms with Gasteiger partial charge in [-0.25, -0.2) is 0 Å². The minimum absolute atomic E-state index is 0.124. The molecule has 0 spiro atoms. The quantitative estimate of drug-likeness (QED) is 0.259. The Morgan fingerprint density at radius 2 is 1.73 bits per heavy atom. The van der Waals surface area contributed by atoms with E-state index in [1.165, 1.54) is 20.7 Å². The van der Waals surface area contributed by atoms with Gasteiger partial charge in [-0.15, -0.1) is 11.3 Å². The third-order valence-corrected chi connectivity index (χ3v) is 8.78. The molecular weight excluding hydrogens is 522 g/mol. The molecule has 1 fully saturated rings. The van der Waals surface area contributed by atoms with Gasteiger partial charge >= 0.3 is 0 Å². The molecule has 0 saturated carbocycles. The van der Waals surface area contributed by atoms with Crippen molar-refractivity contribution in [3.05, 3.63) is 53.4 Å². The number of rotatable bonds is 12. The zero-order chi connectivity index (χ0) is 27.9. The monoisotopic (exact) mass is 561 g/mol. The van der Waals surface area contributed by atoms with E-state index >= 15 is 0 Å². The fraction of sp³-hybridized carbons (Fsp3) is 0.469. The largest absolute Gasteiger partial charge is 0.494 e. The average Bonchev–Trinajstić information content (AvgIpc) is 3.44. The minimum atomic E-state index is -0.196. The number of piperazine rings is 1. The Labute approximate surface area is 240 Å². The summed E-state index contributed by atoms with van der Waals surface area (Å²) in [4.78, 5) is 43.1. The van der Waals surface area contributed by atoms with Crippen LogP contribution in [0.5, 0.6) is 5.75 Å². The smallest absolute Gasteiger partial charge is 0.234 e. The van der Waals surface area contributed by atoms with Crippen molar-refractivity contribution in [2.45, 2.75) is 58.3 Å². The third kappa shape index (κ3) is 6.91. The van der Waals surface area contributed by atoms with E-state index in [0.29, 0.717) is 50.1 Å². The van der Waals surface area contributed by atoms with Gasteiger partial charge in [0.05, 0.1) is 12.3 Å². The van der Waals surface area contributed by atoms with E-state index in [4.69, 9.17) is 4.74 Å². The van der Waals surface area contributed by atoms with Crippen molar-refractivity contribution in [1.82, 2.24) is 4.90 Å². The molecule has 2 aliphatic heterocycles. The van der Waals surface area contributed by atoms with Crippen LogP contribution >= 0.6 is 11.3 Å². The maximum Gasteiger partial charge on any atom is 0.234 e. The van der Waals surface area contributed by atoms with Crippen LogP contribution in [0.1, 0.15) is 57.4 Å². The minimum Gasteiger partial charge on any atom is -0.494 e. The molecule has 0 N–H and O–H groups in total. The number of anilines is 2. The number of benzene rings is 2. The van der Waals surface area contributed by atoms with Gasteiger partial charge in [0, 0.05) is 67.3 Å². The number of carbonyl (C=O) groups is 3. The summed E-state index contributed by atoms with van der Waals surface area (Å²) in [6.45, 7) is 7.45. The molecule has 0 atom stereocenters. The first-order valence-electron chi connectivity index (χ1n) is 14.5. The van der Waals surface area contributed by atoms with Gasteiger partial charge in [-0.1, -0.05) is 12.1 Å². The number of Topliss-reactive ketones (excluding diaryl/α,β-unsaturated/α-hetero) is 1. The van der Waals surface area contributed by atoms with Crippen LogP contribution in [0.25, 0.3) is 10.1 Å². The molecule has 0 bridgehead atoms. The summed E-state index contributed by atoms with van der Waals surface area (Å²) in [5, 5.41) is 3.54. The van der Waals surface area contributed by atoms with Crippen LogP contribution < -0.4 is 14.5 Å². The lowest BCUT2D eigenvalue weighted by molar-refractivity contribution is -0.127. The summed E-state index contributed by atoms with van der Waals surface area (Å²) in [5.74, 6) is 0.463. The second kappa shape index (κ2) is 13.4. The number of hydrogen-bond donors (Lipinski definition) is 0. The molecule has 0 radical (unpaired) electrons. The molecule has 1 aromatic heterocycles. The molecule has 0 aliphatic carbocycles. The highest BCUT2D eigenvalue weighted by Gasteiger charge is 2.29. The van der Waals surface area contributed by atoms with Gasteiger partial charge in [0.15, 0.2) is 0 Å². The zero-order valence-corrected chi connectivity index (χ0v) is 24.2. The highest BCUT2D eigenvalue weighted by molar-refractivity contribution is 7.17. The van der Waals surface area contributed by atoms with Crippen LogP contribution in [0.3, 0.4) is 0 Å². The first kappa shape index (κ1) is 28.3. The van der Waals surface area contributed by atoms with Gasteiger partial charge in [-0.05, 0) is 80.8 Å². The van der Waals surface area contributed by atoms with E-state index in [9.17, 15) is 14.4 Å². The lowest BCUT2D eigenvalue weighted by Gasteiger charge is -2.36. The van der Waals surface area contributed by atoms with E-state index in [-0.39, 0.29) is 24.0 Å². The standard InChI is InChI=1S/C32H39N3O4S/c1-24(36)7-2-3-10-31(37)35-29-23-26(13-11-25(29)12-14-32(35)38)39-21-5-4-16-33-17-19-34(20-18-33)28-8-6-9-30-27(28)15-22-40-30/h6,8-9,11,13,15,22-23H,2-5,7,10,12,14,16-21H2,1H3. The van der Waals surface area contributed by atoms with Crippen molar-refractivity contribution >= 4 is 50.4 Å². The predicted octanol–water partition coefficient (Wildman–Crippen LogP) is 5.84. The van der Waals surface area contributed by atoms with Crippen LogP contribution in [0.2, 0.25) is 0 Å². The van der Waals surface area contributed by atoms with Crippen molar-refractivity contribution in [1.29, 1.82) is 0 Å². The summed E-state index contributed by atoms with van der Waals surface area (Å²) in [6.07, 6.45) is 4.99. The van der Waals surface area contributed by atoms with Crippen LogP contribution in [0.15, 0.2) is 47.8 Å². The average molecular weight is 562 g/mol. The van der Waals surface area contributed by atoms with Gasteiger partial charge in [-0.2, -0.15) is 0 Å². The number of thiophene rings is 1. The first-order chi connectivity index (χ1) is 19.5. The highest BCUT2D eigenvalue weighted by Crippen LogP contribution is 2.33. The van der Waals surface area contributed by atoms with Gasteiger partial charge in [0.2, 0.25) is 11.8 Å². The van der Waals surface area contributed by atoms with Crippen LogP contribution in [0, 0.1) is 0 Å². The predicted molar refractivity (Wildman–Crippen MR) is 162 cm³/mol. The van der Waals surface area contributed by atoms with E-state index < -0.39 is 0 Å². The fourth-order valence-corrected chi connectivity index (χ4v) is 6.48. The number of imide groups is 1. The summed E-state index contributed by atoms with van der Waals surface area (Å²) in [5.41, 5.74) is 3.01. The molecule has 212 valence electrons. The van der Waals surface area contributed by atoms with Crippen molar-refractivity contribution in [3.8, 4) is 5.75 Å². The molecule has 2 aliphatic rings. The molecule has 8 heteroatoms. The summed E-state index contributed by atoms with van der Waals surface area (Å²) < 4.78 is 7.40. The zero-order valence-electron chi connectivity index (χ0n) is 23.4. The second-order valence-electron chi connectivity index (χ2n) is 10.8. The Bertz CT molecular complexity index is 1340. The maximum atomic E-state index is 12.9. The Balaban J connectivity index is 1.06. The SMILES string of the molecule is CC(=O)CCCCC(=O)N1C(=O)CCc2ccc(OCCCCN3CCN(c4cccc5sccc45)CC3)cc21. The van der Waals surface area contributed by atoms with Crippen LogP contribution in [-0.4, -0.2) is 61.8 Å². The number of ether oxygens (including phenoxy) is 1. The van der Waals surface area contributed by atoms with Crippen molar-refractivity contribution in [2.24, 2.45) is 0 Å². The molecule has 40 heavy (non-hydrogen) atoms. The van der Waals surface area contributed by atoms with E-state index in [2.05, 4.69) is 39.4 Å². The van der Waals surface area contributed by atoms with Crippen LogP contribution in [-0.2, 0) is 20.8 Å². The molecule has 1 saturated heterocycles. The number of hydrogen-bond acceptors (Lipinski definition) is 7. The maximum absolute atomic E-state index is 12.9. The van der Waals surface area contributed by atoms with Crippen molar-refractivity contribution in [2.75, 3.05) is 49.1 Å². The topological polar surface area (TPSA) is 70.2 Å². The molecule has 7 nitrogen and oxygen atoms in total. The van der Waals surface area contributed by atoms with Crippen LogP contribution in [0.4, 0.5) is 11.4 Å². The Morgan fingerprint density at radius 1 is 0.900 bits per heavy atom. The number of nitrogens with zero attached hydrogens (tertiary/aromatic N) is 3. The molecule has 0 unspecified atom stereocenters. The number of aryl methyl sites for hydroxylation is 1. The number of ketones is 1. The van der Waals surface area contributed by atoms with Gasteiger partial charge in [0.1, 0.15) is 11.5 Å². The van der Waals surface area contributed by atoms with Crippen molar-refractivity contribution in [3.63, 3.8) is 0 Å². The Hall–Kier alpha value is -3.23. The molecule has 3 heterocycles. The lowest BCUT2D eigenvalue weighted by Crippen LogP contribution is -2.46. The second-order valence-corrected chi connectivity index (χ2v) is 11.8. The van der Waals surface area contributed by atoms with E-state index in [1.807, 2.05) is 18.2 Å². The lowest BCUT2D eigenvalue weighted by atomic mass is 10.00. The molecule has 3 aromatic rings. The van der Waals surface area contributed by atoms with E-state index in [1.54, 1.807) is 18.3 Å². The highest BCUT2D eigenvalue weighted by atomic mass is 32.1. The molecule has 5 rings (SSSR count). The van der Waals surface area contributed by atoms with Gasteiger partial charge in [0.25, 0.3) is 0 Å². The number of unbranched alkanes of at least 4 members (excludes halogenated alkanes) is 2. The summed E-state index contributed by atoms with van der Waals surface area (Å²) >= 11 is 1.80. The number of carbonyl (C=O) groups excluding carboxylic acids is 3.